The Bertz CT molecular complexity index is 620. The van der Waals surface area contributed by atoms with Crippen LogP contribution in [0.5, 0.6) is 5.75 Å². The summed E-state index contributed by atoms with van der Waals surface area (Å²) >= 11 is 11.8. The van der Waals surface area contributed by atoms with Crippen molar-refractivity contribution in [1.82, 2.24) is 10.6 Å². The molecule has 0 aliphatic rings. The molecule has 0 bridgehead atoms. The third-order valence-corrected chi connectivity index (χ3v) is 3.70. The van der Waals surface area contributed by atoms with Gasteiger partial charge in [-0.05, 0) is 32.9 Å². The third-order valence-electron chi connectivity index (χ3n) is 2.90. The number of halogens is 2. The van der Waals surface area contributed by atoms with E-state index in [1.807, 2.05) is 0 Å². The largest absolute Gasteiger partial charge is 0.489 e. The second-order valence-corrected chi connectivity index (χ2v) is 7.28. The monoisotopic (exact) mass is 406 g/mol. The SMILES string of the molecule is CC(C)(C)OC(=O)NCCC(=O)NCC(O)COc1cccc(Cl)c1Cl. The maximum absolute atomic E-state index is 11.7. The summed E-state index contributed by atoms with van der Waals surface area (Å²) < 4.78 is 10.4. The first kappa shape index (κ1) is 22.3. The highest BCUT2D eigenvalue weighted by molar-refractivity contribution is 6.42. The molecule has 1 unspecified atom stereocenters. The van der Waals surface area contributed by atoms with Gasteiger partial charge in [0, 0.05) is 19.5 Å². The van der Waals surface area contributed by atoms with E-state index in [2.05, 4.69) is 10.6 Å². The molecular weight excluding hydrogens is 383 g/mol. The lowest BCUT2D eigenvalue weighted by Gasteiger charge is -2.19. The van der Waals surface area contributed by atoms with Crippen molar-refractivity contribution in [2.45, 2.75) is 38.9 Å². The van der Waals surface area contributed by atoms with E-state index in [0.29, 0.717) is 10.8 Å². The minimum atomic E-state index is -0.923. The van der Waals surface area contributed by atoms with Gasteiger partial charge in [-0.25, -0.2) is 4.79 Å². The predicted molar refractivity (Wildman–Crippen MR) is 99.8 cm³/mol. The molecule has 0 radical (unpaired) electrons. The second-order valence-electron chi connectivity index (χ2n) is 6.50. The van der Waals surface area contributed by atoms with Gasteiger partial charge in [0.05, 0.1) is 5.02 Å². The molecular formula is C17H24Cl2N2O5. The molecule has 26 heavy (non-hydrogen) atoms. The average Bonchev–Trinajstić information content (AvgIpc) is 2.52. The van der Waals surface area contributed by atoms with Gasteiger partial charge in [-0.3, -0.25) is 4.79 Å². The molecule has 3 N–H and O–H groups in total. The lowest BCUT2D eigenvalue weighted by molar-refractivity contribution is -0.121. The van der Waals surface area contributed by atoms with Crippen LogP contribution >= 0.6 is 23.2 Å². The molecule has 1 rings (SSSR count). The molecule has 7 nitrogen and oxygen atoms in total. The van der Waals surface area contributed by atoms with Crippen molar-refractivity contribution in [3.05, 3.63) is 28.2 Å². The Balaban J connectivity index is 2.21. The number of ether oxygens (including phenoxy) is 2. The van der Waals surface area contributed by atoms with Crippen LogP contribution in [0, 0.1) is 0 Å². The number of benzene rings is 1. The summed E-state index contributed by atoms with van der Waals surface area (Å²) in [5, 5.41) is 15.5. The molecule has 0 aliphatic carbocycles. The number of carbonyl (C=O) groups excluding carboxylic acids is 2. The number of nitrogens with one attached hydrogen (secondary N) is 2. The summed E-state index contributed by atoms with van der Waals surface area (Å²) in [6.07, 6.45) is -1.45. The predicted octanol–water partition coefficient (Wildman–Crippen LogP) is 2.76. The van der Waals surface area contributed by atoms with Crippen LogP contribution < -0.4 is 15.4 Å². The molecule has 1 aromatic carbocycles. The van der Waals surface area contributed by atoms with E-state index >= 15 is 0 Å². The van der Waals surface area contributed by atoms with Crippen molar-refractivity contribution < 1.29 is 24.2 Å². The van der Waals surface area contributed by atoms with Crippen LogP contribution in [-0.4, -0.2) is 48.5 Å². The Morgan fingerprint density at radius 1 is 1.23 bits per heavy atom. The van der Waals surface area contributed by atoms with Crippen LogP contribution in [0.15, 0.2) is 18.2 Å². The Morgan fingerprint density at radius 3 is 2.58 bits per heavy atom. The number of aliphatic hydroxyl groups is 1. The smallest absolute Gasteiger partial charge is 0.407 e. The number of amides is 2. The number of hydrogen-bond donors (Lipinski definition) is 3. The lowest BCUT2D eigenvalue weighted by atomic mass is 10.2. The van der Waals surface area contributed by atoms with Crippen LogP contribution in [0.25, 0.3) is 0 Å². The van der Waals surface area contributed by atoms with Crippen LogP contribution in [0.2, 0.25) is 10.0 Å². The van der Waals surface area contributed by atoms with Crippen molar-refractivity contribution in [3.8, 4) is 5.75 Å². The first-order valence-electron chi connectivity index (χ1n) is 8.07. The Morgan fingerprint density at radius 2 is 1.92 bits per heavy atom. The van der Waals surface area contributed by atoms with Crippen LogP contribution in [-0.2, 0) is 9.53 Å². The molecule has 1 aromatic rings. The molecule has 0 fully saturated rings. The van der Waals surface area contributed by atoms with Crippen molar-refractivity contribution >= 4 is 35.2 Å². The fourth-order valence-electron chi connectivity index (χ4n) is 1.75. The molecule has 0 aliphatic heterocycles. The summed E-state index contributed by atoms with van der Waals surface area (Å²) in [4.78, 5) is 23.1. The standard InChI is InChI=1S/C17H24Cl2N2O5/c1-17(2,3)26-16(24)20-8-7-14(23)21-9-11(22)10-25-13-6-4-5-12(18)15(13)19/h4-6,11,22H,7-10H2,1-3H3,(H,20,24)(H,21,23). The van der Waals surface area contributed by atoms with Gasteiger partial charge < -0.3 is 25.2 Å². The van der Waals surface area contributed by atoms with Crippen LogP contribution in [0.1, 0.15) is 27.2 Å². The molecule has 0 aromatic heterocycles. The van der Waals surface area contributed by atoms with E-state index in [-0.39, 0.29) is 37.0 Å². The summed E-state index contributed by atoms with van der Waals surface area (Å²) in [6, 6.07) is 4.93. The Kier molecular flexibility index (Phi) is 8.98. The molecule has 0 heterocycles. The van der Waals surface area contributed by atoms with Gasteiger partial charge in [0.1, 0.15) is 29.1 Å². The van der Waals surface area contributed by atoms with E-state index in [9.17, 15) is 14.7 Å². The van der Waals surface area contributed by atoms with Crippen LogP contribution in [0.4, 0.5) is 4.79 Å². The number of aliphatic hydroxyl groups excluding tert-OH is 1. The fraction of sp³-hybridized carbons (Fsp3) is 0.529. The van der Waals surface area contributed by atoms with E-state index in [1.165, 1.54) is 0 Å². The second kappa shape index (κ2) is 10.4. The Hall–Kier alpha value is -1.70. The molecule has 0 spiro atoms. The topological polar surface area (TPSA) is 96.9 Å². The summed E-state index contributed by atoms with van der Waals surface area (Å²) in [6.45, 7) is 5.32. The number of hydrogen-bond acceptors (Lipinski definition) is 5. The van der Waals surface area contributed by atoms with Gasteiger partial charge in [0.15, 0.2) is 0 Å². The average molecular weight is 407 g/mol. The van der Waals surface area contributed by atoms with Gasteiger partial charge in [-0.2, -0.15) is 0 Å². The van der Waals surface area contributed by atoms with Gasteiger partial charge in [0.2, 0.25) is 5.91 Å². The highest BCUT2D eigenvalue weighted by Gasteiger charge is 2.16. The molecule has 0 saturated heterocycles. The zero-order chi connectivity index (χ0) is 19.7. The maximum atomic E-state index is 11.7. The van der Waals surface area contributed by atoms with E-state index in [1.54, 1.807) is 39.0 Å². The number of carbonyl (C=O) groups is 2. The lowest BCUT2D eigenvalue weighted by Crippen LogP contribution is -2.38. The number of alkyl carbamates (subject to hydrolysis) is 1. The molecule has 146 valence electrons. The summed E-state index contributed by atoms with van der Waals surface area (Å²) in [5.74, 6) is 0.0343. The maximum Gasteiger partial charge on any atom is 0.407 e. The Labute approximate surface area is 162 Å². The normalized spacial score (nSPS) is 12.2. The highest BCUT2D eigenvalue weighted by Crippen LogP contribution is 2.31. The van der Waals surface area contributed by atoms with Crippen LogP contribution in [0.3, 0.4) is 0 Å². The van der Waals surface area contributed by atoms with Crippen molar-refractivity contribution in [2.75, 3.05) is 19.7 Å². The fourth-order valence-corrected chi connectivity index (χ4v) is 2.10. The summed E-state index contributed by atoms with van der Waals surface area (Å²) in [7, 11) is 0. The van der Waals surface area contributed by atoms with Crippen molar-refractivity contribution in [1.29, 1.82) is 0 Å². The van der Waals surface area contributed by atoms with Gasteiger partial charge in [-0.15, -0.1) is 0 Å². The highest BCUT2D eigenvalue weighted by atomic mass is 35.5. The molecule has 2 amide bonds. The minimum Gasteiger partial charge on any atom is -0.489 e. The van der Waals surface area contributed by atoms with E-state index in [4.69, 9.17) is 32.7 Å². The zero-order valence-electron chi connectivity index (χ0n) is 15.0. The quantitative estimate of drug-likeness (QED) is 0.616. The summed E-state index contributed by atoms with van der Waals surface area (Å²) in [5.41, 5.74) is -0.595. The van der Waals surface area contributed by atoms with Gasteiger partial charge in [0.25, 0.3) is 0 Å². The number of rotatable bonds is 8. The van der Waals surface area contributed by atoms with Gasteiger partial charge in [-0.1, -0.05) is 29.3 Å². The van der Waals surface area contributed by atoms with E-state index in [0.717, 1.165) is 0 Å². The zero-order valence-corrected chi connectivity index (χ0v) is 16.5. The molecule has 1 atom stereocenters. The minimum absolute atomic E-state index is 0.00343. The van der Waals surface area contributed by atoms with Gasteiger partial charge >= 0.3 is 6.09 Å². The first-order valence-corrected chi connectivity index (χ1v) is 8.82. The van der Waals surface area contributed by atoms with Crippen molar-refractivity contribution in [2.24, 2.45) is 0 Å². The van der Waals surface area contributed by atoms with Crippen molar-refractivity contribution in [3.63, 3.8) is 0 Å². The third kappa shape index (κ3) is 9.12. The molecule has 0 saturated carbocycles. The van der Waals surface area contributed by atoms with E-state index < -0.39 is 17.8 Å². The first-order chi connectivity index (χ1) is 12.1. The molecule has 9 heteroatoms.